The Morgan fingerprint density at radius 2 is 1.93 bits per heavy atom. The number of hydrogen-bond donors (Lipinski definition) is 0. The minimum atomic E-state index is -4.59. The Morgan fingerprint density at radius 1 is 1.19 bits per heavy atom. The Bertz CT molecular complexity index is 912. The van der Waals surface area contributed by atoms with E-state index in [-0.39, 0.29) is 24.3 Å². The largest absolute Gasteiger partial charge is 0.416 e. The molecule has 1 aliphatic heterocycles. The molecule has 1 fully saturated rings. The molecule has 1 aliphatic rings. The molecule has 4 nitrogen and oxygen atoms in total. The first-order valence-corrected chi connectivity index (χ1v) is 10.2. The Balaban J connectivity index is 1.87. The molecule has 0 amide bonds. The van der Waals surface area contributed by atoms with Crippen molar-refractivity contribution < 1.29 is 26.3 Å². The molecule has 1 saturated heterocycles. The van der Waals surface area contributed by atoms with Gasteiger partial charge in [0.15, 0.2) is 9.84 Å². The summed E-state index contributed by atoms with van der Waals surface area (Å²) in [6.45, 7) is 2.18. The van der Waals surface area contributed by atoms with Gasteiger partial charge in [0.2, 0.25) is 0 Å². The van der Waals surface area contributed by atoms with Crippen molar-refractivity contribution in [3.05, 3.63) is 59.4 Å². The zero-order chi connectivity index (χ0) is 19.7. The Kier molecular flexibility index (Phi) is 5.58. The number of sulfone groups is 1. The van der Waals surface area contributed by atoms with Crippen LogP contribution < -0.4 is 0 Å². The van der Waals surface area contributed by atoms with Gasteiger partial charge in [0.25, 0.3) is 0 Å². The lowest BCUT2D eigenvalue weighted by Gasteiger charge is -2.29. The van der Waals surface area contributed by atoms with Crippen LogP contribution in [0.25, 0.3) is 0 Å². The Morgan fingerprint density at radius 3 is 2.63 bits per heavy atom. The maximum atomic E-state index is 12.9. The van der Waals surface area contributed by atoms with Gasteiger partial charge in [-0.15, -0.1) is 0 Å². The quantitative estimate of drug-likeness (QED) is 0.767. The summed E-state index contributed by atoms with van der Waals surface area (Å²) in [6.07, 6.45) is -3.93. The van der Waals surface area contributed by atoms with Crippen molar-refractivity contribution in [2.24, 2.45) is 0 Å². The Hall–Kier alpha value is -1.93. The molecule has 8 heteroatoms. The molecule has 0 radical (unpaired) electrons. The second-order valence-electron chi connectivity index (χ2n) is 6.48. The summed E-state index contributed by atoms with van der Waals surface area (Å²) in [5.41, 5.74) is 0.557. The molecule has 27 heavy (non-hydrogen) atoms. The average molecular weight is 399 g/mol. The number of aryl methyl sites for hydroxylation is 1. The molecule has 0 N–H and O–H groups in total. The van der Waals surface area contributed by atoms with E-state index in [2.05, 4.69) is 4.98 Å². The highest BCUT2D eigenvalue weighted by molar-refractivity contribution is 7.92. The van der Waals surface area contributed by atoms with Gasteiger partial charge in [0.1, 0.15) is 6.10 Å². The van der Waals surface area contributed by atoms with E-state index in [0.717, 1.165) is 24.2 Å². The van der Waals surface area contributed by atoms with Crippen LogP contribution in [0, 0.1) is 0 Å². The first-order valence-electron chi connectivity index (χ1n) is 8.70. The van der Waals surface area contributed by atoms with E-state index in [0.29, 0.717) is 11.8 Å². The predicted molar refractivity (Wildman–Crippen MR) is 94.0 cm³/mol. The smallest absolute Gasteiger partial charge is 0.372 e. The number of ether oxygens (including phenoxy) is 1. The summed E-state index contributed by atoms with van der Waals surface area (Å²) in [5, 5.41) is -0.813. The van der Waals surface area contributed by atoms with Crippen LogP contribution in [0.4, 0.5) is 13.2 Å². The highest BCUT2D eigenvalue weighted by Crippen LogP contribution is 2.35. The first kappa shape index (κ1) is 19.8. The number of aromatic nitrogens is 1. The van der Waals surface area contributed by atoms with Crippen molar-refractivity contribution in [1.29, 1.82) is 0 Å². The molecule has 0 spiro atoms. The third-order valence-corrected chi connectivity index (χ3v) is 6.90. The zero-order valence-corrected chi connectivity index (χ0v) is 15.6. The van der Waals surface area contributed by atoms with E-state index in [1.807, 2.05) is 19.1 Å². The molecule has 3 rings (SSSR count). The fraction of sp³-hybridized carbons (Fsp3) is 0.421. The number of benzene rings is 1. The molecule has 2 heterocycles. The van der Waals surface area contributed by atoms with E-state index in [1.54, 1.807) is 6.07 Å². The SMILES string of the molecule is CCc1cccc(C2CC(S(=O)(=O)c3cccc(C(F)(F)F)c3)CCO2)n1. The van der Waals surface area contributed by atoms with Gasteiger partial charge in [-0.1, -0.05) is 19.1 Å². The van der Waals surface area contributed by atoms with E-state index in [1.165, 1.54) is 6.07 Å². The summed E-state index contributed by atoms with van der Waals surface area (Å²) in [7, 11) is -3.91. The van der Waals surface area contributed by atoms with Gasteiger partial charge in [0, 0.05) is 12.3 Å². The van der Waals surface area contributed by atoms with Crippen molar-refractivity contribution in [3.63, 3.8) is 0 Å². The number of halogens is 3. The van der Waals surface area contributed by atoms with Crippen LogP contribution >= 0.6 is 0 Å². The predicted octanol–water partition coefficient (Wildman–Crippen LogP) is 4.36. The van der Waals surface area contributed by atoms with Gasteiger partial charge in [-0.2, -0.15) is 13.2 Å². The van der Waals surface area contributed by atoms with Gasteiger partial charge >= 0.3 is 6.18 Å². The van der Waals surface area contributed by atoms with Crippen molar-refractivity contribution >= 4 is 9.84 Å². The molecule has 1 aromatic carbocycles. The van der Waals surface area contributed by atoms with E-state index in [9.17, 15) is 21.6 Å². The lowest BCUT2D eigenvalue weighted by molar-refractivity contribution is -0.137. The second kappa shape index (κ2) is 7.59. The number of hydrogen-bond acceptors (Lipinski definition) is 4. The highest BCUT2D eigenvalue weighted by Gasteiger charge is 2.37. The van der Waals surface area contributed by atoms with Crippen LogP contribution in [-0.2, 0) is 27.2 Å². The molecule has 2 unspecified atom stereocenters. The standard InChI is InChI=1S/C19H20F3NO3S/c1-2-14-6-4-8-17(23-14)18-12-16(9-10-26-18)27(24,25)15-7-3-5-13(11-15)19(20,21)22/h3-8,11,16,18H,2,9-10,12H2,1H3. The molecular weight excluding hydrogens is 379 g/mol. The normalized spacial score (nSPS) is 21.2. The van der Waals surface area contributed by atoms with Crippen LogP contribution in [0.3, 0.4) is 0 Å². The second-order valence-corrected chi connectivity index (χ2v) is 8.71. The van der Waals surface area contributed by atoms with Crippen molar-refractivity contribution in [1.82, 2.24) is 4.98 Å². The van der Waals surface area contributed by atoms with E-state index in [4.69, 9.17) is 4.74 Å². The van der Waals surface area contributed by atoms with Crippen LogP contribution in [0.2, 0.25) is 0 Å². The van der Waals surface area contributed by atoms with Crippen LogP contribution in [0.5, 0.6) is 0 Å². The van der Waals surface area contributed by atoms with Crippen molar-refractivity contribution in [2.75, 3.05) is 6.61 Å². The number of alkyl halides is 3. The molecule has 2 atom stereocenters. The fourth-order valence-corrected chi connectivity index (χ4v) is 4.95. The van der Waals surface area contributed by atoms with Gasteiger partial charge in [-0.05, 0) is 49.6 Å². The number of nitrogens with zero attached hydrogens (tertiary/aromatic N) is 1. The van der Waals surface area contributed by atoms with Gasteiger partial charge in [-0.3, -0.25) is 4.98 Å². The summed E-state index contributed by atoms with van der Waals surface area (Å²) in [6, 6.07) is 9.41. The van der Waals surface area contributed by atoms with Crippen LogP contribution in [-0.4, -0.2) is 25.3 Å². The molecule has 2 aromatic rings. The Labute approximate surface area is 156 Å². The molecule has 0 bridgehead atoms. The zero-order valence-electron chi connectivity index (χ0n) is 14.7. The summed E-state index contributed by atoms with van der Waals surface area (Å²) in [4.78, 5) is 4.17. The average Bonchev–Trinajstić information content (AvgIpc) is 2.67. The highest BCUT2D eigenvalue weighted by atomic mass is 32.2. The van der Waals surface area contributed by atoms with Gasteiger partial charge in [-0.25, -0.2) is 8.42 Å². The van der Waals surface area contributed by atoms with E-state index >= 15 is 0 Å². The van der Waals surface area contributed by atoms with Crippen molar-refractivity contribution in [2.45, 2.75) is 48.6 Å². The van der Waals surface area contributed by atoms with Gasteiger partial charge in [0.05, 0.1) is 21.4 Å². The molecule has 146 valence electrons. The maximum Gasteiger partial charge on any atom is 0.416 e. The lowest BCUT2D eigenvalue weighted by atomic mass is 10.0. The van der Waals surface area contributed by atoms with Gasteiger partial charge < -0.3 is 4.74 Å². The topological polar surface area (TPSA) is 56.3 Å². The first-order chi connectivity index (χ1) is 12.7. The monoisotopic (exact) mass is 399 g/mol. The third-order valence-electron chi connectivity index (χ3n) is 4.68. The number of pyridine rings is 1. The van der Waals surface area contributed by atoms with Crippen LogP contribution in [0.1, 0.15) is 42.8 Å². The maximum absolute atomic E-state index is 12.9. The molecule has 1 aromatic heterocycles. The summed E-state index contributed by atoms with van der Waals surface area (Å²) >= 11 is 0. The molecular formula is C19H20F3NO3S. The third kappa shape index (κ3) is 4.32. The molecule has 0 aliphatic carbocycles. The minimum absolute atomic E-state index is 0.165. The number of rotatable bonds is 4. The summed E-state index contributed by atoms with van der Waals surface area (Å²) < 4.78 is 70.3. The summed E-state index contributed by atoms with van der Waals surface area (Å²) in [5.74, 6) is 0. The fourth-order valence-electron chi connectivity index (χ4n) is 3.17. The van der Waals surface area contributed by atoms with Crippen molar-refractivity contribution in [3.8, 4) is 0 Å². The lowest BCUT2D eigenvalue weighted by Crippen LogP contribution is -2.31. The van der Waals surface area contributed by atoms with E-state index < -0.39 is 32.9 Å². The van der Waals surface area contributed by atoms with Crippen LogP contribution in [0.15, 0.2) is 47.4 Å². The molecule has 0 saturated carbocycles. The minimum Gasteiger partial charge on any atom is -0.372 e.